The number of amides is 1. The molecule has 0 bridgehead atoms. The molecule has 24 heavy (non-hydrogen) atoms. The Hall–Kier alpha value is -2.05. The smallest absolute Gasteiger partial charge is 0.410 e. The summed E-state index contributed by atoms with van der Waals surface area (Å²) in [7, 11) is 0. The average Bonchev–Trinajstić information content (AvgIpc) is 2.84. The van der Waals surface area contributed by atoms with Gasteiger partial charge in [-0.3, -0.25) is 9.48 Å². The number of carboxylic acid groups (broad SMARTS) is 1. The quantitative estimate of drug-likeness (QED) is 0.913. The van der Waals surface area contributed by atoms with Gasteiger partial charge in [0.1, 0.15) is 5.60 Å². The van der Waals surface area contributed by atoms with Crippen LogP contribution in [-0.2, 0) is 16.0 Å². The van der Waals surface area contributed by atoms with E-state index in [1.807, 2.05) is 32.4 Å². The zero-order valence-electron chi connectivity index (χ0n) is 14.9. The second-order valence-corrected chi connectivity index (χ2v) is 7.32. The molecule has 1 aliphatic rings. The zero-order chi connectivity index (χ0) is 17.9. The minimum atomic E-state index is -0.809. The highest BCUT2D eigenvalue weighted by Gasteiger charge is 2.29. The predicted octanol–water partition coefficient (Wildman–Crippen LogP) is 2.78. The van der Waals surface area contributed by atoms with Crippen LogP contribution in [0.1, 0.15) is 57.3 Å². The molecule has 7 heteroatoms. The topological polar surface area (TPSA) is 84.7 Å². The van der Waals surface area contributed by atoms with Gasteiger partial charge in [0.2, 0.25) is 0 Å². The van der Waals surface area contributed by atoms with Gasteiger partial charge in [0, 0.05) is 25.2 Å². The molecule has 1 aliphatic heterocycles. The fourth-order valence-electron chi connectivity index (χ4n) is 2.96. The van der Waals surface area contributed by atoms with E-state index in [0.29, 0.717) is 19.5 Å². The van der Waals surface area contributed by atoms with Gasteiger partial charge in [-0.15, -0.1) is 0 Å². The number of carboxylic acids is 1. The summed E-state index contributed by atoms with van der Waals surface area (Å²) in [6.07, 6.45) is 3.87. The molecule has 1 aromatic heterocycles. The molecule has 1 fully saturated rings. The number of nitrogens with zero attached hydrogens (tertiary/aromatic N) is 3. The normalized spacial score (nSPS) is 18.5. The number of carbonyl (C=O) groups excluding carboxylic acids is 1. The molecule has 0 saturated carbocycles. The summed E-state index contributed by atoms with van der Waals surface area (Å²) in [5, 5.41) is 13.3. The van der Waals surface area contributed by atoms with Crippen LogP contribution in [0.25, 0.3) is 0 Å². The van der Waals surface area contributed by atoms with E-state index in [1.54, 1.807) is 11.1 Å². The van der Waals surface area contributed by atoms with Gasteiger partial charge in [0.05, 0.1) is 12.2 Å². The third-order valence-electron chi connectivity index (χ3n) is 4.15. The molecule has 2 heterocycles. The lowest BCUT2D eigenvalue weighted by atomic mass is 10.1. The van der Waals surface area contributed by atoms with Crippen molar-refractivity contribution < 1.29 is 19.4 Å². The van der Waals surface area contributed by atoms with Gasteiger partial charge in [0.15, 0.2) is 0 Å². The molecule has 134 valence electrons. The second-order valence-electron chi connectivity index (χ2n) is 7.32. The van der Waals surface area contributed by atoms with Crippen molar-refractivity contribution >= 4 is 12.1 Å². The van der Waals surface area contributed by atoms with Gasteiger partial charge in [-0.25, -0.2) is 4.79 Å². The van der Waals surface area contributed by atoms with Crippen LogP contribution < -0.4 is 0 Å². The first-order valence-electron chi connectivity index (χ1n) is 8.40. The van der Waals surface area contributed by atoms with Gasteiger partial charge < -0.3 is 14.7 Å². The third-order valence-corrected chi connectivity index (χ3v) is 4.15. The molecule has 1 N–H and O–H groups in total. The number of aromatic nitrogens is 2. The minimum Gasteiger partial charge on any atom is -0.481 e. The predicted molar refractivity (Wildman–Crippen MR) is 89.0 cm³/mol. The van der Waals surface area contributed by atoms with E-state index in [0.717, 1.165) is 24.1 Å². The van der Waals surface area contributed by atoms with Gasteiger partial charge >= 0.3 is 12.1 Å². The van der Waals surface area contributed by atoms with Crippen molar-refractivity contribution in [2.45, 2.75) is 65.0 Å². The van der Waals surface area contributed by atoms with Crippen molar-refractivity contribution in [2.75, 3.05) is 13.1 Å². The Balaban J connectivity index is 2.04. The van der Waals surface area contributed by atoms with Crippen molar-refractivity contribution in [2.24, 2.45) is 0 Å². The number of hydrogen-bond acceptors (Lipinski definition) is 4. The van der Waals surface area contributed by atoms with E-state index in [2.05, 4.69) is 5.10 Å². The van der Waals surface area contributed by atoms with Crippen molar-refractivity contribution in [3.8, 4) is 0 Å². The van der Waals surface area contributed by atoms with E-state index < -0.39 is 11.6 Å². The van der Waals surface area contributed by atoms with Crippen LogP contribution in [-0.4, -0.2) is 50.5 Å². The van der Waals surface area contributed by atoms with E-state index in [9.17, 15) is 9.59 Å². The van der Waals surface area contributed by atoms with Crippen LogP contribution in [0.5, 0.6) is 0 Å². The first kappa shape index (κ1) is 18.3. The maximum atomic E-state index is 12.3. The van der Waals surface area contributed by atoms with E-state index in [4.69, 9.17) is 9.84 Å². The maximum Gasteiger partial charge on any atom is 0.410 e. The highest BCUT2D eigenvalue weighted by Crippen LogP contribution is 2.25. The minimum absolute atomic E-state index is 0.0984. The number of rotatable bonds is 4. The summed E-state index contributed by atoms with van der Waals surface area (Å²) >= 11 is 0. The summed E-state index contributed by atoms with van der Waals surface area (Å²) in [6.45, 7) is 8.79. The molecule has 1 saturated heterocycles. The summed E-state index contributed by atoms with van der Waals surface area (Å²) in [4.78, 5) is 24.7. The summed E-state index contributed by atoms with van der Waals surface area (Å²) in [5.74, 6) is -0.809. The SMILES string of the molecule is Cc1c(CCC(=O)O)cnn1C1CCCN(C(=O)OC(C)(C)C)C1. The molecule has 0 aromatic carbocycles. The molecule has 7 nitrogen and oxygen atoms in total. The first-order chi connectivity index (χ1) is 11.2. The Kier molecular flexibility index (Phi) is 5.51. The highest BCUT2D eigenvalue weighted by atomic mass is 16.6. The van der Waals surface area contributed by atoms with E-state index in [1.165, 1.54) is 0 Å². The number of likely N-dealkylation sites (tertiary alicyclic amines) is 1. The molecule has 0 radical (unpaired) electrons. The van der Waals surface area contributed by atoms with Crippen LogP contribution in [0.15, 0.2) is 6.20 Å². The average molecular weight is 337 g/mol. The molecule has 2 rings (SSSR count). The van der Waals surface area contributed by atoms with E-state index in [-0.39, 0.29) is 18.6 Å². The Morgan fingerprint density at radius 1 is 1.42 bits per heavy atom. The number of aryl methyl sites for hydroxylation is 1. The standard InChI is InChI=1S/C17H27N3O4/c1-12-13(7-8-15(21)22)10-18-20(12)14-6-5-9-19(11-14)16(23)24-17(2,3)4/h10,14H,5-9,11H2,1-4H3,(H,21,22). The molecule has 0 spiro atoms. The Bertz CT molecular complexity index is 603. The van der Waals surface area contributed by atoms with Crippen LogP contribution in [0.3, 0.4) is 0 Å². The fourth-order valence-corrected chi connectivity index (χ4v) is 2.96. The van der Waals surface area contributed by atoms with Gasteiger partial charge in [-0.2, -0.15) is 5.10 Å². The molecular weight excluding hydrogens is 310 g/mol. The van der Waals surface area contributed by atoms with Gasteiger partial charge in [-0.05, 0) is 52.5 Å². The molecule has 0 aliphatic carbocycles. The number of piperidine rings is 1. The van der Waals surface area contributed by atoms with Crippen LogP contribution in [0.2, 0.25) is 0 Å². The lowest BCUT2D eigenvalue weighted by Gasteiger charge is -2.34. The van der Waals surface area contributed by atoms with Crippen LogP contribution >= 0.6 is 0 Å². The Morgan fingerprint density at radius 3 is 2.75 bits per heavy atom. The number of carbonyl (C=O) groups is 2. The molecule has 1 unspecified atom stereocenters. The lowest BCUT2D eigenvalue weighted by Crippen LogP contribution is -2.43. The fraction of sp³-hybridized carbons (Fsp3) is 0.706. The first-order valence-corrected chi connectivity index (χ1v) is 8.40. The highest BCUT2D eigenvalue weighted by molar-refractivity contribution is 5.68. The molecule has 1 atom stereocenters. The number of aliphatic carboxylic acids is 1. The van der Waals surface area contributed by atoms with Crippen molar-refractivity contribution in [1.82, 2.24) is 14.7 Å². The molecule has 1 aromatic rings. The summed E-state index contributed by atoms with van der Waals surface area (Å²) < 4.78 is 7.38. The monoisotopic (exact) mass is 337 g/mol. The number of ether oxygens (including phenoxy) is 1. The van der Waals surface area contributed by atoms with Crippen LogP contribution in [0.4, 0.5) is 4.79 Å². The van der Waals surface area contributed by atoms with Crippen LogP contribution in [0, 0.1) is 6.92 Å². The summed E-state index contributed by atoms with van der Waals surface area (Å²) in [5.41, 5.74) is 1.43. The maximum absolute atomic E-state index is 12.3. The number of hydrogen-bond donors (Lipinski definition) is 1. The molecule has 1 amide bonds. The second kappa shape index (κ2) is 7.23. The van der Waals surface area contributed by atoms with E-state index >= 15 is 0 Å². The third kappa shape index (κ3) is 4.72. The largest absolute Gasteiger partial charge is 0.481 e. The van der Waals surface area contributed by atoms with Gasteiger partial charge in [0.25, 0.3) is 0 Å². The lowest BCUT2D eigenvalue weighted by molar-refractivity contribution is -0.136. The molecular formula is C17H27N3O4. The zero-order valence-corrected chi connectivity index (χ0v) is 14.9. The van der Waals surface area contributed by atoms with Crippen molar-refractivity contribution in [1.29, 1.82) is 0 Å². The van der Waals surface area contributed by atoms with Crippen molar-refractivity contribution in [3.63, 3.8) is 0 Å². The van der Waals surface area contributed by atoms with Gasteiger partial charge in [-0.1, -0.05) is 0 Å². The van der Waals surface area contributed by atoms with Crippen molar-refractivity contribution in [3.05, 3.63) is 17.5 Å². The Morgan fingerprint density at radius 2 is 2.12 bits per heavy atom. The summed E-state index contributed by atoms with van der Waals surface area (Å²) in [6, 6.07) is 0.102. The Labute approximate surface area is 142 Å².